The molecule has 1 N–H and O–H groups in total. The molecule has 1 rings (SSSR count). The van der Waals surface area contributed by atoms with Gasteiger partial charge in [0.2, 0.25) is 0 Å². The van der Waals surface area contributed by atoms with E-state index >= 15 is 0 Å². The molecule has 0 radical (unpaired) electrons. The van der Waals surface area contributed by atoms with Crippen molar-refractivity contribution in [1.29, 1.82) is 0 Å². The van der Waals surface area contributed by atoms with Crippen LogP contribution in [0.2, 0.25) is 0 Å². The monoisotopic (exact) mass is 230 g/mol. The Balaban J connectivity index is 2.68. The number of methoxy groups -OCH3 is 1. The van der Waals surface area contributed by atoms with Crippen molar-refractivity contribution in [3.05, 3.63) is 29.8 Å². The highest BCUT2D eigenvalue weighted by atomic mass is 31.2. The van der Waals surface area contributed by atoms with Crippen molar-refractivity contribution in [2.24, 2.45) is 0 Å². The molecule has 1 aromatic carbocycles. The maximum Gasteiger partial charge on any atom is 0.332 e. The van der Waals surface area contributed by atoms with Gasteiger partial charge in [-0.2, -0.15) is 0 Å². The molecule has 0 aliphatic carbocycles. The first-order valence-electron chi connectivity index (χ1n) is 4.66. The van der Waals surface area contributed by atoms with Crippen LogP contribution in [-0.4, -0.2) is 18.6 Å². The second-order valence-corrected chi connectivity index (χ2v) is 4.91. The molecule has 0 aromatic heterocycles. The lowest BCUT2D eigenvalue weighted by molar-refractivity contribution is 0.272. The van der Waals surface area contributed by atoms with Crippen molar-refractivity contribution in [1.82, 2.24) is 0 Å². The van der Waals surface area contributed by atoms with E-state index in [0.717, 1.165) is 11.3 Å². The van der Waals surface area contributed by atoms with Gasteiger partial charge in [-0.1, -0.05) is 12.1 Å². The Morgan fingerprint density at radius 2 is 1.93 bits per heavy atom. The molecule has 0 fully saturated rings. The standard InChI is InChI=1S/C10H15O4P/c1-3-14-15(11,12)8-9-4-6-10(13-2)7-5-9/h4-7H,3,8H2,1-2H3,(H,11,12). The van der Waals surface area contributed by atoms with Gasteiger partial charge in [0.05, 0.1) is 19.9 Å². The first kappa shape index (κ1) is 12.2. The second-order valence-electron chi connectivity index (χ2n) is 3.06. The summed E-state index contributed by atoms with van der Waals surface area (Å²) in [6.07, 6.45) is 0.0326. The highest BCUT2D eigenvalue weighted by Crippen LogP contribution is 2.45. The fraction of sp³-hybridized carbons (Fsp3) is 0.400. The molecule has 0 amide bonds. The van der Waals surface area contributed by atoms with Gasteiger partial charge in [0.15, 0.2) is 0 Å². The zero-order valence-corrected chi connectivity index (χ0v) is 9.74. The summed E-state index contributed by atoms with van der Waals surface area (Å²) in [6.45, 7) is 1.93. The van der Waals surface area contributed by atoms with Gasteiger partial charge in [-0.05, 0) is 24.6 Å². The van der Waals surface area contributed by atoms with Crippen LogP contribution < -0.4 is 4.74 Å². The van der Waals surface area contributed by atoms with E-state index in [0.29, 0.717) is 0 Å². The summed E-state index contributed by atoms with van der Waals surface area (Å²) in [7, 11) is -1.90. The quantitative estimate of drug-likeness (QED) is 0.789. The van der Waals surface area contributed by atoms with Gasteiger partial charge in [0.25, 0.3) is 0 Å². The van der Waals surface area contributed by atoms with E-state index < -0.39 is 7.60 Å². The van der Waals surface area contributed by atoms with Crippen LogP contribution >= 0.6 is 7.60 Å². The van der Waals surface area contributed by atoms with E-state index in [4.69, 9.17) is 9.26 Å². The van der Waals surface area contributed by atoms with Crippen LogP contribution in [0, 0.1) is 0 Å². The van der Waals surface area contributed by atoms with E-state index in [1.165, 1.54) is 0 Å². The lowest BCUT2D eigenvalue weighted by Gasteiger charge is -2.10. The summed E-state index contributed by atoms with van der Waals surface area (Å²) in [5, 5.41) is 0. The Bertz CT molecular complexity index is 347. The molecule has 4 nitrogen and oxygen atoms in total. The average molecular weight is 230 g/mol. The molecule has 0 saturated carbocycles. The van der Waals surface area contributed by atoms with E-state index in [2.05, 4.69) is 0 Å². The summed E-state index contributed by atoms with van der Waals surface area (Å²) in [4.78, 5) is 9.40. The smallest absolute Gasteiger partial charge is 0.332 e. The summed E-state index contributed by atoms with van der Waals surface area (Å²) in [6, 6.07) is 7.00. The molecule has 1 atom stereocenters. The topological polar surface area (TPSA) is 55.8 Å². The molecular weight excluding hydrogens is 215 g/mol. The van der Waals surface area contributed by atoms with Crippen LogP contribution in [-0.2, 0) is 15.3 Å². The molecule has 0 heterocycles. The van der Waals surface area contributed by atoms with Crippen LogP contribution in [0.15, 0.2) is 24.3 Å². The highest BCUT2D eigenvalue weighted by molar-refractivity contribution is 7.51. The Morgan fingerprint density at radius 1 is 1.33 bits per heavy atom. The Kier molecular flexibility index (Phi) is 4.33. The molecule has 1 aromatic rings. The third-order valence-corrected chi connectivity index (χ3v) is 3.30. The van der Waals surface area contributed by atoms with Crippen molar-refractivity contribution < 1.29 is 18.7 Å². The van der Waals surface area contributed by atoms with Crippen molar-refractivity contribution in [2.75, 3.05) is 13.7 Å². The van der Waals surface area contributed by atoms with Crippen LogP contribution in [0.4, 0.5) is 0 Å². The van der Waals surface area contributed by atoms with Gasteiger partial charge in [-0.3, -0.25) is 4.57 Å². The number of hydrogen-bond acceptors (Lipinski definition) is 3. The van der Waals surface area contributed by atoms with E-state index in [-0.39, 0.29) is 12.8 Å². The zero-order chi connectivity index (χ0) is 11.3. The fourth-order valence-corrected chi connectivity index (χ4v) is 2.38. The SMILES string of the molecule is CCOP(=O)(O)Cc1ccc(OC)cc1. The lowest BCUT2D eigenvalue weighted by Crippen LogP contribution is -1.93. The molecule has 5 heteroatoms. The van der Waals surface area contributed by atoms with Crippen molar-refractivity contribution in [2.45, 2.75) is 13.1 Å². The van der Waals surface area contributed by atoms with Gasteiger partial charge < -0.3 is 14.2 Å². The Morgan fingerprint density at radius 3 is 2.40 bits per heavy atom. The third kappa shape index (κ3) is 4.04. The molecular formula is C10H15O4P. The maximum atomic E-state index is 11.4. The highest BCUT2D eigenvalue weighted by Gasteiger charge is 2.18. The van der Waals surface area contributed by atoms with Gasteiger partial charge in [-0.15, -0.1) is 0 Å². The Labute approximate surface area is 89.4 Å². The first-order chi connectivity index (χ1) is 7.07. The van der Waals surface area contributed by atoms with Crippen LogP contribution in [0.5, 0.6) is 5.75 Å². The second kappa shape index (κ2) is 5.31. The Hall–Kier alpha value is -0.830. The van der Waals surface area contributed by atoms with Crippen molar-refractivity contribution in [3.63, 3.8) is 0 Å². The number of ether oxygens (including phenoxy) is 1. The molecule has 0 aliphatic rings. The summed E-state index contributed by atoms with van der Waals surface area (Å²) in [5.41, 5.74) is 0.759. The molecule has 0 spiro atoms. The minimum atomic E-state index is -3.48. The van der Waals surface area contributed by atoms with Crippen molar-refractivity contribution >= 4 is 7.60 Å². The van der Waals surface area contributed by atoms with Crippen LogP contribution in [0.25, 0.3) is 0 Å². The summed E-state index contributed by atoms with van der Waals surface area (Å²) in [5.74, 6) is 0.725. The molecule has 15 heavy (non-hydrogen) atoms. The molecule has 1 unspecified atom stereocenters. The predicted molar refractivity (Wildman–Crippen MR) is 58.1 cm³/mol. The number of hydrogen-bond donors (Lipinski definition) is 1. The molecule has 0 bridgehead atoms. The van der Waals surface area contributed by atoms with Crippen molar-refractivity contribution in [3.8, 4) is 5.75 Å². The summed E-state index contributed by atoms with van der Waals surface area (Å²) < 4.78 is 21.2. The van der Waals surface area contributed by atoms with E-state index in [1.807, 2.05) is 0 Å². The maximum absolute atomic E-state index is 11.4. The van der Waals surface area contributed by atoms with Gasteiger partial charge in [-0.25, -0.2) is 0 Å². The first-order valence-corrected chi connectivity index (χ1v) is 6.43. The lowest BCUT2D eigenvalue weighted by atomic mass is 10.2. The van der Waals surface area contributed by atoms with Gasteiger partial charge in [0.1, 0.15) is 5.75 Å². The minimum Gasteiger partial charge on any atom is -0.497 e. The minimum absolute atomic E-state index is 0.0326. The van der Waals surface area contributed by atoms with E-state index in [1.54, 1.807) is 38.3 Å². The normalized spacial score (nSPS) is 14.6. The molecule has 84 valence electrons. The van der Waals surface area contributed by atoms with Gasteiger partial charge >= 0.3 is 7.60 Å². The van der Waals surface area contributed by atoms with Crippen LogP contribution in [0.1, 0.15) is 12.5 Å². The zero-order valence-electron chi connectivity index (χ0n) is 8.84. The largest absolute Gasteiger partial charge is 0.497 e. The fourth-order valence-electron chi connectivity index (χ4n) is 1.21. The van der Waals surface area contributed by atoms with Gasteiger partial charge in [0, 0.05) is 0 Å². The molecule has 0 saturated heterocycles. The molecule has 0 aliphatic heterocycles. The number of rotatable bonds is 5. The summed E-state index contributed by atoms with van der Waals surface area (Å²) >= 11 is 0. The van der Waals surface area contributed by atoms with E-state index in [9.17, 15) is 9.46 Å². The number of benzene rings is 1. The van der Waals surface area contributed by atoms with Crippen LogP contribution in [0.3, 0.4) is 0 Å². The predicted octanol–water partition coefficient (Wildman–Crippen LogP) is 2.42. The average Bonchev–Trinajstić information content (AvgIpc) is 2.18. The third-order valence-electron chi connectivity index (χ3n) is 1.87.